The minimum absolute atomic E-state index is 0.216. The Balaban J connectivity index is 1.74. The van der Waals surface area contributed by atoms with E-state index in [1.165, 1.54) is 16.3 Å². The van der Waals surface area contributed by atoms with Crippen LogP contribution in [0.4, 0.5) is 5.82 Å². The highest BCUT2D eigenvalue weighted by Crippen LogP contribution is 2.32. The van der Waals surface area contributed by atoms with E-state index in [4.69, 9.17) is 4.98 Å². The van der Waals surface area contributed by atoms with E-state index in [2.05, 4.69) is 78.2 Å². The Bertz CT molecular complexity index is 963. The van der Waals surface area contributed by atoms with Crippen LogP contribution in [0.25, 0.3) is 22.0 Å². The lowest BCUT2D eigenvalue weighted by Crippen LogP contribution is -2.46. The Morgan fingerprint density at radius 2 is 1.79 bits per heavy atom. The molecule has 1 aliphatic heterocycles. The molecule has 0 spiro atoms. The smallest absolute Gasteiger partial charge is 0.137 e. The molecule has 4 nitrogen and oxygen atoms in total. The van der Waals surface area contributed by atoms with Gasteiger partial charge in [-0.25, -0.2) is 4.98 Å². The second-order valence-electron chi connectivity index (χ2n) is 8.01. The van der Waals surface area contributed by atoms with Gasteiger partial charge in [-0.15, -0.1) is 0 Å². The molecule has 0 bridgehead atoms. The van der Waals surface area contributed by atoms with Gasteiger partial charge < -0.3 is 14.9 Å². The van der Waals surface area contributed by atoms with E-state index in [1.807, 2.05) is 0 Å². The molecule has 1 aromatic heterocycles. The molecule has 1 saturated heterocycles. The van der Waals surface area contributed by atoms with Gasteiger partial charge in [-0.05, 0) is 42.0 Å². The molecule has 4 heteroatoms. The van der Waals surface area contributed by atoms with E-state index < -0.39 is 0 Å². The van der Waals surface area contributed by atoms with E-state index in [0.29, 0.717) is 5.92 Å². The largest absolute Gasteiger partial charge is 0.396 e. The van der Waals surface area contributed by atoms with E-state index in [1.54, 1.807) is 0 Å². The van der Waals surface area contributed by atoms with Crippen LogP contribution in [-0.2, 0) is 0 Å². The summed E-state index contributed by atoms with van der Waals surface area (Å²) in [5.41, 5.74) is 3.42. The summed E-state index contributed by atoms with van der Waals surface area (Å²) in [5.74, 6) is 1.43. The van der Waals surface area contributed by atoms with Crippen LogP contribution in [-0.4, -0.2) is 54.3 Å². The van der Waals surface area contributed by atoms with Crippen molar-refractivity contribution in [3.05, 3.63) is 60.2 Å². The lowest BCUT2D eigenvalue weighted by molar-refractivity contribution is 0.271. The Hall–Kier alpha value is -2.43. The maximum atomic E-state index is 9.30. The number of aromatic nitrogens is 1. The number of piperazine rings is 1. The molecule has 1 N–H and O–H groups in total. The van der Waals surface area contributed by atoms with Crippen molar-refractivity contribution < 1.29 is 5.11 Å². The minimum atomic E-state index is 0.216. The first-order valence-corrected chi connectivity index (χ1v) is 10.8. The molecule has 2 aromatic carbocycles. The van der Waals surface area contributed by atoms with Crippen molar-refractivity contribution in [3.8, 4) is 11.3 Å². The summed E-state index contributed by atoms with van der Waals surface area (Å²) >= 11 is 0. The predicted molar refractivity (Wildman–Crippen MR) is 122 cm³/mol. The van der Waals surface area contributed by atoms with Gasteiger partial charge in [-0.2, -0.15) is 0 Å². The molecular weight excluding hydrogens is 358 g/mol. The number of aliphatic hydroxyl groups is 1. The Labute approximate surface area is 173 Å². The van der Waals surface area contributed by atoms with Crippen LogP contribution >= 0.6 is 0 Å². The van der Waals surface area contributed by atoms with Gasteiger partial charge in [0, 0.05) is 43.7 Å². The molecule has 0 amide bonds. The fourth-order valence-electron chi connectivity index (χ4n) is 4.21. The fraction of sp³-hybridized carbons (Fsp3) is 0.400. The number of likely N-dealkylation sites (N-methyl/N-ethyl adjacent to an activating group) is 1. The van der Waals surface area contributed by atoms with Crippen LogP contribution in [0.1, 0.15) is 31.7 Å². The number of rotatable bonds is 6. The predicted octanol–water partition coefficient (Wildman–Crippen LogP) is 4.53. The minimum Gasteiger partial charge on any atom is -0.396 e. The van der Waals surface area contributed by atoms with Crippen LogP contribution in [0.5, 0.6) is 0 Å². The molecule has 1 fully saturated rings. The molecule has 3 aromatic rings. The zero-order valence-corrected chi connectivity index (χ0v) is 17.5. The molecule has 1 aliphatic rings. The Kier molecular flexibility index (Phi) is 6.12. The van der Waals surface area contributed by atoms with Crippen LogP contribution in [0, 0.1) is 0 Å². The molecule has 0 aliphatic carbocycles. The highest BCUT2D eigenvalue weighted by molar-refractivity contribution is 5.95. The second kappa shape index (κ2) is 8.93. The fourth-order valence-corrected chi connectivity index (χ4v) is 4.21. The first-order valence-electron chi connectivity index (χ1n) is 10.8. The maximum absolute atomic E-state index is 9.30. The highest BCUT2D eigenvalue weighted by Gasteiger charge is 2.20. The van der Waals surface area contributed by atoms with Crippen molar-refractivity contribution >= 4 is 16.6 Å². The highest BCUT2D eigenvalue weighted by atomic mass is 16.3. The molecule has 0 radical (unpaired) electrons. The molecule has 29 heavy (non-hydrogen) atoms. The number of anilines is 1. The van der Waals surface area contributed by atoms with Crippen molar-refractivity contribution in [1.29, 1.82) is 0 Å². The number of fused-ring (bicyclic) bond motifs is 1. The van der Waals surface area contributed by atoms with Crippen LogP contribution < -0.4 is 4.90 Å². The van der Waals surface area contributed by atoms with Gasteiger partial charge in [0.15, 0.2) is 0 Å². The van der Waals surface area contributed by atoms with Crippen LogP contribution in [0.3, 0.4) is 0 Å². The summed E-state index contributed by atoms with van der Waals surface area (Å²) < 4.78 is 0. The van der Waals surface area contributed by atoms with Gasteiger partial charge in [-0.1, -0.05) is 56.3 Å². The van der Waals surface area contributed by atoms with Gasteiger partial charge in [0.2, 0.25) is 0 Å². The SMILES string of the molecule is CCN1CCN(c2nc(-c3cccc(C(C)CCO)c3)cc3ccccc23)CC1. The third kappa shape index (κ3) is 4.29. The number of benzene rings is 2. The Morgan fingerprint density at radius 1 is 1.00 bits per heavy atom. The maximum Gasteiger partial charge on any atom is 0.137 e. The first kappa shape index (κ1) is 19.9. The van der Waals surface area contributed by atoms with E-state index in [-0.39, 0.29) is 6.61 Å². The molecule has 1 unspecified atom stereocenters. The molecule has 0 saturated carbocycles. The van der Waals surface area contributed by atoms with Gasteiger partial charge in [0.25, 0.3) is 0 Å². The lowest BCUT2D eigenvalue weighted by atomic mass is 9.95. The number of hydrogen-bond donors (Lipinski definition) is 1. The van der Waals surface area contributed by atoms with E-state index in [0.717, 1.165) is 56.2 Å². The van der Waals surface area contributed by atoms with E-state index in [9.17, 15) is 5.11 Å². The standard InChI is InChI=1S/C25H31N3O/c1-3-27-12-14-28(15-13-27)25-23-10-5-4-7-21(23)18-24(26-25)22-9-6-8-20(17-22)19(2)11-16-29/h4-10,17-19,29H,3,11-16H2,1-2H3. The number of hydrogen-bond acceptors (Lipinski definition) is 4. The average Bonchev–Trinajstić information content (AvgIpc) is 2.78. The summed E-state index contributed by atoms with van der Waals surface area (Å²) in [4.78, 5) is 10.1. The van der Waals surface area contributed by atoms with Crippen molar-refractivity contribution in [2.75, 3.05) is 44.2 Å². The zero-order chi connectivity index (χ0) is 20.2. The molecule has 1 atom stereocenters. The number of pyridine rings is 1. The van der Waals surface area contributed by atoms with Crippen molar-refractivity contribution in [1.82, 2.24) is 9.88 Å². The van der Waals surface area contributed by atoms with Crippen molar-refractivity contribution in [2.24, 2.45) is 0 Å². The van der Waals surface area contributed by atoms with Crippen LogP contribution in [0.2, 0.25) is 0 Å². The summed E-state index contributed by atoms with van der Waals surface area (Å²) in [6.07, 6.45) is 0.779. The first-order chi connectivity index (χ1) is 14.2. The van der Waals surface area contributed by atoms with Gasteiger partial charge in [0.05, 0.1) is 5.69 Å². The summed E-state index contributed by atoms with van der Waals surface area (Å²) in [6.45, 7) is 9.93. The lowest BCUT2D eigenvalue weighted by Gasteiger charge is -2.35. The third-order valence-corrected chi connectivity index (χ3v) is 6.15. The van der Waals surface area contributed by atoms with Crippen molar-refractivity contribution in [2.45, 2.75) is 26.2 Å². The third-order valence-electron chi connectivity index (χ3n) is 6.15. The molecular formula is C25H31N3O. The van der Waals surface area contributed by atoms with Gasteiger partial charge in [-0.3, -0.25) is 0 Å². The van der Waals surface area contributed by atoms with Crippen molar-refractivity contribution in [3.63, 3.8) is 0 Å². The summed E-state index contributed by atoms with van der Waals surface area (Å²) in [7, 11) is 0. The van der Waals surface area contributed by atoms with E-state index >= 15 is 0 Å². The number of nitrogens with zero attached hydrogens (tertiary/aromatic N) is 3. The molecule has 152 valence electrons. The number of aliphatic hydroxyl groups excluding tert-OH is 1. The zero-order valence-electron chi connectivity index (χ0n) is 17.5. The van der Waals surface area contributed by atoms with Gasteiger partial charge in [0.1, 0.15) is 5.82 Å². The topological polar surface area (TPSA) is 39.6 Å². The second-order valence-corrected chi connectivity index (χ2v) is 8.01. The average molecular weight is 390 g/mol. The summed E-state index contributed by atoms with van der Waals surface area (Å²) in [5, 5.41) is 11.8. The van der Waals surface area contributed by atoms with Crippen LogP contribution in [0.15, 0.2) is 54.6 Å². The normalized spacial score (nSPS) is 16.3. The van der Waals surface area contributed by atoms with Gasteiger partial charge >= 0.3 is 0 Å². The monoisotopic (exact) mass is 389 g/mol. The molecule has 4 rings (SSSR count). The molecule has 2 heterocycles. The Morgan fingerprint density at radius 3 is 2.55 bits per heavy atom. The quantitative estimate of drug-likeness (QED) is 0.672. The summed E-state index contributed by atoms with van der Waals surface area (Å²) in [6, 6.07) is 19.4.